The van der Waals surface area contributed by atoms with E-state index in [1.165, 1.54) is 0 Å². The number of pyridine rings is 1. The number of nitrogens with two attached hydrogens (primary N) is 2. The Kier molecular flexibility index (Phi) is 5.75. The van der Waals surface area contributed by atoms with Gasteiger partial charge in [0.1, 0.15) is 6.04 Å². The largest absolute Gasteiger partial charge is 0.480 e. The smallest absolute Gasteiger partial charge is 0.320 e. The van der Waals surface area contributed by atoms with Crippen LogP contribution in [0.4, 0.5) is 5.69 Å². The maximum atomic E-state index is 9.96. The van der Waals surface area contributed by atoms with E-state index in [2.05, 4.69) is 4.98 Å². The molecule has 2 aromatic rings. The van der Waals surface area contributed by atoms with Crippen molar-refractivity contribution in [1.82, 2.24) is 4.98 Å². The lowest BCUT2D eigenvalue weighted by Crippen LogP contribution is -2.29. The van der Waals surface area contributed by atoms with Crippen LogP contribution in [0, 0.1) is 0 Å². The van der Waals surface area contributed by atoms with Crippen molar-refractivity contribution < 1.29 is 9.90 Å². The Hall–Kier alpha value is -2.14. The zero-order chi connectivity index (χ0) is 14.3. The lowest BCUT2D eigenvalue weighted by Gasteiger charge is -2.00. The van der Waals surface area contributed by atoms with E-state index in [9.17, 15) is 4.79 Å². The van der Waals surface area contributed by atoms with Crippen LogP contribution in [0.2, 0.25) is 0 Å². The first-order valence-electron chi connectivity index (χ1n) is 6.13. The Morgan fingerprint density at radius 2 is 2.16 bits per heavy atom. The molecular weight excluding hydrogens is 242 g/mol. The molecule has 1 unspecified atom stereocenters. The van der Waals surface area contributed by atoms with E-state index in [0.717, 1.165) is 23.0 Å². The van der Waals surface area contributed by atoms with E-state index in [0.29, 0.717) is 6.42 Å². The molecule has 0 fully saturated rings. The van der Waals surface area contributed by atoms with Gasteiger partial charge in [-0.2, -0.15) is 0 Å². The molecule has 0 spiro atoms. The second kappa shape index (κ2) is 7.33. The van der Waals surface area contributed by atoms with Gasteiger partial charge in [-0.25, -0.2) is 0 Å². The first kappa shape index (κ1) is 14.9. The summed E-state index contributed by atoms with van der Waals surface area (Å²) in [5, 5.41) is 9.28. The Morgan fingerprint density at radius 3 is 2.74 bits per heavy atom. The van der Waals surface area contributed by atoms with E-state index in [1.54, 1.807) is 6.20 Å². The Bertz CT molecular complexity index is 543. The molecule has 0 aliphatic heterocycles. The Balaban J connectivity index is 0.000000203. The lowest BCUT2D eigenvalue weighted by atomic mass is 10.2. The number of rotatable bonds is 3. The summed E-state index contributed by atoms with van der Waals surface area (Å²) in [6.07, 6.45) is 3.17. The third kappa shape index (κ3) is 4.93. The van der Waals surface area contributed by atoms with Gasteiger partial charge in [0.25, 0.3) is 0 Å². The molecule has 0 radical (unpaired) electrons. The summed E-state index contributed by atoms with van der Waals surface area (Å²) in [6.45, 7) is 1.91. The summed E-state index contributed by atoms with van der Waals surface area (Å²) < 4.78 is 0. The van der Waals surface area contributed by atoms with E-state index < -0.39 is 12.0 Å². The highest BCUT2D eigenvalue weighted by Gasteiger charge is 2.07. The van der Waals surface area contributed by atoms with Crippen molar-refractivity contribution in [3.63, 3.8) is 0 Å². The Labute approximate surface area is 112 Å². The molecule has 1 aromatic carbocycles. The SMILES string of the molecule is CCCC(N)C(=O)O.Nc1ccc2ncccc2c1. The lowest BCUT2D eigenvalue weighted by molar-refractivity contribution is -0.138. The molecule has 0 amide bonds. The molecule has 1 heterocycles. The number of benzene rings is 1. The van der Waals surface area contributed by atoms with Crippen LogP contribution < -0.4 is 11.5 Å². The van der Waals surface area contributed by atoms with Gasteiger partial charge in [-0.3, -0.25) is 9.78 Å². The molecular formula is C14H19N3O2. The Morgan fingerprint density at radius 1 is 1.42 bits per heavy atom. The number of carbonyl (C=O) groups is 1. The standard InChI is InChI=1S/C9H8N2.C5H11NO2/c10-8-3-4-9-7(6-8)2-1-5-11-9;1-2-3-4(6)5(7)8/h1-6H,10H2;4H,2-3,6H2,1H3,(H,7,8). The predicted octanol–water partition coefficient (Wildman–Crippen LogP) is 2.02. The van der Waals surface area contributed by atoms with Crippen molar-refractivity contribution in [3.8, 4) is 0 Å². The van der Waals surface area contributed by atoms with Crippen LogP contribution in [-0.2, 0) is 4.79 Å². The monoisotopic (exact) mass is 261 g/mol. The number of hydrogen-bond donors (Lipinski definition) is 3. The quantitative estimate of drug-likeness (QED) is 0.733. The fraction of sp³-hybridized carbons (Fsp3) is 0.286. The van der Waals surface area contributed by atoms with Crippen LogP contribution in [0.5, 0.6) is 0 Å². The molecule has 1 aromatic heterocycles. The number of nitrogen functional groups attached to an aromatic ring is 1. The van der Waals surface area contributed by atoms with Crippen LogP contribution in [0.3, 0.4) is 0 Å². The molecule has 0 bridgehead atoms. The summed E-state index contributed by atoms with van der Waals surface area (Å²) in [6, 6.07) is 8.93. The van der Waals surface area contributed by atoms with Crippen LogP contribution in [0.15, 0.2) is 36.5 Å². The highest BCUT2D eigenvalue weighted by Crippen LogP contribution is 2.13. The summed E-state index contributed by atoms with van der Waals surface area (Å²) in [5.41, 5.74) is 12.5. The van der Waals surface area contributed by atoms with Gasteiger partial charge in [0.2, 0.25) is 0 Å². The van der Waals surface area contributed by atoms with Gasteiger partial charge in [-0.15, -0.1) is 0 Å². The number of aliphatic carboxylic acids is 1. The van der Waals surface area contributed by atoms with Crippen molar-refractivity contribution in [2.45, 2.75) is 25.8 Å². The van der Waals surface area contributed by atoms with Crippen LogP contribution in [-0.4, -0.2) is 22.1 Å². The summed E-state index contributed by atoms with van der Waals surface area (Å²) >= 11 is 0. The molecule has 0 aliphatic rings. The van der Waals surface area contributed by atoms with Gasteiger partial charge in [0.05, 0.1) is 5.52 Å². The van der Waals surface area contributed by atoms with Crippen LogP contribution >= 0.6 is 0 Å². The minimum Gasteiger partial charge on any atom is -0.480 e. The summed E-state index contributed by atoms with van der Waals surface area (Å²) in [4.78, 5) is 14.1. The van der Waals surface area contributed by atoms with E-state index >= 15 is 0 Å². The molecule has 5 N–H and O–H groups in total. The molecule has 0 aliphatic carbocycles. The molecule has 2 rings (SSSR count). The van der Waals surface area contributed by atoms with Crippen LogP contribution in [0.25, 0.3) is 10.9 Å². The maximum absolute atomic E-state index is 9.96. The maximum Gasteiger partial charge on any atom is 0.320 e. The number of fused-ring (bicyclic) bond motifs is 1. The predicted molar refractivity (Wildman–Crippen MR) is 76.7 cm³/mol. The number of aromatic nitrogens is 1. The normalized spacial score (nSPS) is 11.5. The minimum absolute atomic E-state index is 0.565. The van der Waals surface area contributed by atoms with Gasteiger partial charge < -0.3 is 16.6 Å². The van der Waals surface area contributed by atoms with Gasteiger partial charge >= 0.3 is 5.97 Å². The molecule has 19 heavy (non-hydrogen) atoms. The molecule has 0 saturated heterocycles. The van der Waals surface area contributed by atoms with Crippen molar-refractivity contribution in [2.24, 2.45) is 5.73 Å². The fourth-order valence-corrected chi connectivity index (χ4v) is 1.53. The van der Waals surface area contributed by atoms with E-state index in [4.69, 9.17) is 16.6 Å². The number of nitrogens with zero attached hydrogens (tertiary/aromatic N) is 1. The van der Waals surface area contributed by atoms with E-state index in [-0.39, 0.29) is 0 Å². The number of carboxylic acids is 1. The molecule has 102 valence electrons. The average Bonchev–Trinajstić information content (AvgIpc) is 2.39. The van der Waals surface area contributed by atoms with Crippen molar-refractivity contribution in [2.75, 3.05) is 5.73 Å². The fourth-order valence-electron chi connectivity index (χ4n) is 1.53. The zero-order valence-corrected chi connectivity index (χ0v) is 10.9. The second-order valence-electron chi connectivity index (χ2n) is 4.19. The van der Waals surface area contributed by atoms with Crippen molar-refractivity contribution in [3.05, 3.63) is 36.5 Å². The average molecular weight is 261 g/mol. The zero-order valence-electron chi connectivity index (χ0n) is 10.9. The summed E-state index contributed by atoms with van der Waals surface area (Å²) in [7, 11) is 0. The van der Waals surface area contributed by atoms with Gasteiger partial charge in [-0.05, 0) is 30.7 Å². The third-order valence-electron chi connectivity index (χ3n) is 2.54. The molecule has 5 heteroatoms. The first-order chi connectivity index (χ1) is 9.04. The molecule has 5 nitrogen and oxygen atoms in total. The highest BCUT2D eigenvalue weighted by atomic mass is 16.4. The molecule has 0 saturated carbocycles. The van der Waals surface area contributed by atoms with Crippen molar-refractivity contribution in [1.29, 1.82) is 0 Å². The minimum atomic E-state index is -0.910. The first-order valence-corrected chi connectivity index (χ1v) is 6.13. The topological polar surface area (TPSA) is 102 Å². The van der Waals surface area contributed by atoms with Gasteiger partial charge in [0, 0.05) is 17.3 Å². The summed E-state index contributed by atoms with van der Waals surface area (Å²) in [5.74, 6) is -0.910. The number of hydrogen-bond acceptors (Lipinski definition) is 4. The van der Waals surface area contributed by atoms with Gasteiger partial charge in [0.15, 0.2) is 0 Å². The van der Waals surface area contributed by atoms with Crippen molar-refractivity contribution >= 4 is 22.6 Å². The van der Waals surface area contributed by atoms with Crippen LogP contribution in [0.1, 0.15) is 19.8 Å². The third-order valence-corrected chi connectivity index (χ3v) is 2.54. The van der Waals surface area contributed by atoms with Gasteiger partial charge in [-0.1, -0.05) is 19.4 Å². The highest BCUT2D eigenvalue weighted by molar-refractivity contribution is 5.81. The number of carboxylic acid groups (broad SMARTS) is 1. The van der Waals surface area contributed by atoms with E-state index in [1.807, 2.05) is 37.3 Å². The second-order valence-corrected chi connectivity index (χ2v) is 4.19. The molecule has 1 atom stereocenters. The number of anilines is 1.